The fourth-order valence-electron chi connectivity index (χ4n) is 3.92. The molecule has 150 valence electrons. The second-order valence-electron chi connectivity index (χ2n) is 8.71. The predicted molar refractivity (Wildman–Crippen MR) is 115 cm³/mol. The Morgan fingerprint density at radius 1 is 1.15 bits per heavy atom. The summed E-state index contributed by atoms with van der Waals surface area (Å²) in [7, 11) is 1.78. The van der Waals surface area contributed by atoms with Gasteiger partial charge in [-0.05, 0) is 49.9 Å². The number of anilines is 1. The van der Waals surface area contributed by atoms with Crippen LogP contribution in [0.15, 0.2) is 24.3 Å². The van der Waals surface area contributed by atoms with E-state index in [4.69, 9.17) is 4.74 Å². The van der Waals surface area contributed by atoms with Gasteiger partial charge in [0.05, 0.1) is 6.10 Å². The number of likely N-dealkylation sites (tertiary alicyclic amines) is 1. The summed E-state index contributed by atoms with van der Waals surface area (Å²) in [5.41, 5.74) is 2.00. The molecule has 2 aliphatic rings. The fraction of sp³-hybridized carbons (Fsp3) is 0.682. The van der Waals surface area contributed by atoms with Crippen LogP contribution in [0.25, 0.3) is 0 Å². The first-order valence-electron chi connectivity index (χ1n) is 10.2. The van der Waals surface area contributed by atoms with Crippen molar-refractivity contribution in [2.45, 2.75) is 63.3 Å². The second-order valence-corrected chi connectivity index (χ2v) is 10.6. The molecule has 1 aromatic rings. The fourth-order valence-corrected chi connectivity index (χ4v) is 4.96. The maximum atomic E-state index is 13.1. The summed E-state index contributed by atoms with van der Waals surface area (Å²) in [5, 5.41) is 0. The van der Waals surface area contributed by atoms with Crippen molar-refractivity contribution < 1.29 is 9.53 Å². The quantitative estimate of drug-likeness (QED) is 0.744. The van der Waals surface area contributed by atoms with E-state index in [2.05, 4.69) is 42.7 Å². The zero-order valence-corrected chi connectivity index (χ0v) is 18.1. The molecule has 0 N–H and O–H groups in total. The molecule has 2 aliphatic heterocycles. The highest BCUT2D eigenvalue weighted by Crippen LogP contribution is 2.30. The lowest BCUT2D eigenvalue weighted by atomic mass is 10.0. The molecule has 2 atom stereocenters. The number of ether oxygens (including phenoxy) is 1. The number of nitrogens with zero attached hydrogens (tertiary/aromatic N) is 2. The first kappa shape index (κ1) is 20.5. The molecule has 2 heterocycles. The number of hydrogen-bond donors (Lipinski definition) is 0. The van der Waals surface area contributed by atoms with E-state index in [0.29, 0.717) is 12.1 Å². The Bertz CT molecular complexity index is 626. The summed E-state index contributed by atoms with van der Waals surface area (Å²) in [4.78, 5) is 17.6. The Morgan fingerprint density at radius 2 is 1.89 bits per heavy atom. The lowest BCUT2D eigenvalue weighted by Gasteiger charge is -2.37. The smallest absolute Gasteiger partial charge is 0.254 e. The van der Waals surface area contributed by atoms with Gasteiger partial charge in [-0.2, -0.15) is 11.8 Å². The van der Waals surface area contributed by atoms with Gasteiger partial charge in [0.25, 0.3) is 5.91 Å². The average Bonchev–Trinajstić information content (AvgIpc) is 3.15. The minimum Gasteiger partial charge on any atom is -0.380 e. The monoisotopic (exact) mass is 390 g/mol. The van der Waals surface area contributed by atoms with Gasteiger partial charge in [0.15, 0.2) is 0 Å². The first-order chi connectivity index (χ1) is 12.9. The molecule has 3 rings (SSSR count). The number of carbonyl (C=O) groups is 1. The normalized spacial score (nSPS) is 23.7. The molecule has 1 amide bonds. The van der Waals surface area contributed by atoms with E-state index < -0.39 is 0 Å². The van der Waals surface area contributed by atoms with E-state index >= 15 is 0 Å². The van der Waals surface area contributed by atoms with E-state index in [1.807, 2.05) is 23.9 Å². The zero-order chi connectivity index (χ0) is 19.4. The summed E-state index contributed by atoms with van der Waals surface area (Å²) in [6.07, 6.45) is 4.86. The number of benzene rings is 1. The SMILES string of the molecule is COC1CCN(c2ccc(C(=O)N3CCCCC3CSC(C)(C)C)cc2)C1. The molecule has 0 saturated carbocycles. The van der Waals surface area contributed by atoms with Crippen molar-refractivity contribution in [2.75, 3.05) is 37.4 Å². The van der Waals surface area contributed by atoms with Gasteiger partial charge >= 0.3 is 0 Å². The van der Waals surface area contributed by atoms with Crippen LogP contribution in [0, 0.1) is 0 Å². The van der Waals surface area contributed by atoms with Crippen molar-refractivity contribution in [1.82, 2.24) is 4.90 Å². The molecule has 2 saturated heterocycles. The van der Waals surface area contributed by atoms with Crippen LogP contribution in [0.5, 0.6) is 0 Å². The van der Waals surface area contributed by atoms with Gasteiger partial charge in [0, 0.05) is 54.5 Å². The van der Waals surface area contributed by atoms with Gasteiger partial charge < -0.3 is 14.5 Å². The van der Waals surface area contributed by atoms with Crippen LogP contribution in [0.4, 0.5) is 5.69 Å². The lowest BCUT2D eigenvalue weighted by Crippen LogP contribution is -2.45. The number of carbonyl (C=O) groups excluding carboxylic acids is 1. The molecule has 5 heteroatoms. The lowest BCUT2D eigenvalue weighted by molar-refractivity contribution is 0.0640. The Kier molecular flexibility index (Phi) is 6.74. The van der Waals surface area contributed by atoms with Crippen molar-refractivity contribution in [2.24, 2.45) is 0 Å². The summed E-state index contributed by atoms with van der Waals surface area (Å²) < 4.78 is 5.70. The van der Waals surface area contributed by atoms with Crippen molar-refractivity contribution in [1.29, 1.82) is 0 Å². The summed E-state index contributed by atoms with van der Waals surface area (Å²) in [6, 6.07) is 8.54. The van der Waals surface area contributed by atoms with E-state index in [0.717, 1.165) is 50.2 Å². The van der Waals surface area contributed by atoms with Crippen molar-refractivity contribution in [3.8, 4) is 0 Å². The third kappa shape index (κ3) is 5.41. The molecule has 0 radical (unpaired) electrons. The number of hydrogen-bond acceptors (Lipinski definition) is 4. The maximum absolute atomic E-state index is 13.1. The number of methoxy groups -OCH3 is 1. The molecule has 0 spiro atoms. The summed E-state index contributed by atoms with van der Waals surface area (Å²) in [6.45, 7) is 9.58. The van der Waals surface area contributed by atoms with Crippen LogP contribution in [-0.2, 0) is 4.74 Å². The Hall–Kier alpha value is -1.20. The van der Waals surface area contributed by atoms with Gasteiger partial charge in [-0.25, -0.2) is 0 Å². The molecule has 27 heavy (non-hydrogen) atoms. The largest absolute Gasteiger partial charge is 0.380 e. The van der Waals surface area contributed by atoms with Gasteiger partial charge in [0.1, 0.15) is 0 Å². The van der Waals surface area contributed by atoms with Crippen LogP contribution in [-0.4, -0.2) is 60.2 Å². The van der Waals surface area contributed by atoms with Crippen LogP contribution in [0.3, 0.4) is 0 Å². The Labute approximate surface area is 168 Å². The third-order valence-corrected chi connectivity index (χ3v) is 6.97. The highest BCUT2D eigenvalue weighted by Gasteiger charge is 2.29. The van der Waals surface area contributed by atoms with Gasteiger partial charge in [-0.15, -0.1) is 0 Å². The molecule has 2 unspecified atom stereocenters. The number of amides is 1. The molecular formula is C22H34N2O2S. The van der Waals surface area contributed by atoms with E-state index in [1.54, 1.807) is 7.11 Å². The molecule has 2 fully saturated rings. The van der Waals surface area contributed by atoms with Crippen molar-refractivity contribution >= 4 is 23.4 Å². The van der Waals surface area contributed by atoms with Crippen molar-refractivity contribution in [3.05, 3.63) is 29.8 Å². The molecule has 1 aromatic carbocycles. The van der Waals surface area contributed by atoms with Crippen LogP contribution < -0.4 is 4.90 Å². The zero-order valence-electron chi connectivity index (χ0n) is 17.2. The molecule has 4 nitrogen and oxygen atoms in total. The molecular weight excluding hydrogens is 356 g/mol. The van der Waals surface area contributed by atoms with E-state index in [9.17, 15) is 4.79 Å². The van der Waals surface area contributed by atoms with Crippen LogP contribution >= 0.6 is 11.8 Å². The third-order valence-electron chi connectivity index (χ3n) is 5.55. The summed E-state index contributed by atoms with van der Waals surface area (Å²) >= 11 is 1.97. The maximum Gasteiger partial charge on any atom is 0.254 e. The van der Waals surface area contributed by atoms with Gasteiger partial charge in [-0.1, -0.05) is 20.8 Å². The minimum atomic E-state index is 0.192. The molecule has 0 aliphatic carbocycles. The van der Waals surface area contributed by atoms with Crippen molar-refractivity contribution in [3.63, 3.8) is 0 Å². The van der Waals surface area contributed by atoms with Crippen LogP contribution in [0.2, 0.25) is 0 Å². The Balaban J connectivity index is 1.65. The topological polar surface area (TPSA) is 32.8 Å². The standard InChI is InChI=1S/C22H34N2O2S/c1-22(2,3)27-16-19-7-5-6-13-24(19)21(25)17-8-10-18(11-9-17)23-14-12-20(15-23)26-4/h8-11,19-20H,5-7,12-16H2,1-4H3. The predicted octanol–water partition coefficient (Wildman–Crippen LogP) is 4.44. The molecule has 0 aromatic heterocycles. The van der Waals surface area contributed by atoms with Gasteiger partial charge in [-0.3, -0.25) is 4.79 Å². The first-order valence-corrected chi connectivity index (χ1v) is 11.2. The second kappa shape index (κ2) is 8.87. The average molecular weight is 391 g/mol. The number of thioether (sulfide) groups is 1. The number of rotatable bonds is 5. The van der Waals surface area contributed by atoms with Crippen LogP contribution in [0.1, 0.15) is 56.8 Å². The van der Waals surface area contributed by atoms with Gasteiger partial charge in [0.2, 0.25) is 0 Å². The van der Waals surface area contributed by atoms with E-state index in [1.165, 1.54) is 12.1 Å². The van der Waals surface area contributed by atoms with E-state index in [-0.39, 0.29) is 10.7 Å². The Morgan fingerprint density at radius 3 is 2.52 bits per heavy atom. The highest BCUT2D eigenvalue weighted by molar-refractivity contribution is 8.00. The summed E-state index contributed by atoms with van der Waals surface area (Å²) in [5.74, 6) is 1.22. The highest BCUT2D eigenvalue weighted by atomic mass is 32.2. The number of piperidine rings is 1. The minimum absolute atomic E-state index is 0.192. The molecule has 0 bridgehead atoms.